The first-order valence-corrected chi connectivity index (χ1v) is 11.4. The van der Waals surface area contributed by atoms with E-state index in [4.69, 9.17) is 4.74 Å². The van der Waals surface area contributed by atoms with E-state index >= 15 is 0 Å². The number of fused-ring (bicyclic) bond motifs is 2. The van der Waals surface area contributed by atoms with E-state index in [-0.39, 0.29) is 17.5 Å². The van der Waals surface area contributed by atoms with Crippen LogP contribution in [-0.2, 0) is 6.18 Å². The molecule has 34 heavy (non-hydrogen) atoms. The molecule has 4 nitrogen and oxygen atoms in total. The molecule has 0 saturated carbocycles. The van der Waals surface area contributed by atoms with Crippen LogP contribution in [0.4, 0.5) is 13.2 Å². The third-order valence-corrected chi connectivity index (χ3v) is 6.76. The summed E-state index contributed by atoms with van der Waals surface area (Å²) in [5.74, 6) is 0.671. The van der Waals surface area contributed by atoms with Crippen LogP contribution in [0.15, 0.2) is 54.6 Å². The zero-order valence-corrected chi connectivity index (χ0v) is 18.5. The largest absolute Gasteiger partial charge is 0.492 e. The molecule has 0 bridgehead atoms. The Kier molecular flexibility index (Phi) is 5.90. The normalized spacial score (nSPS) is 18.7. The molecule has 1 unspecified atom stereocenters. The lowest BCUT2D eigenvalue weighted by Gasteiger charge is -2.18. The maximum absolute atomic E-state index is 13.0. The quantitative estimate of drug-likeness (QED) is 0.439. The standard InChI is InChI=1S/C27H24F3NO3/c28-27(29,30)22-3-1-2-17(13-22)20-6-9-31(16-20)10-7-24(32)19-5-4-18-15-26-23(14-21(18)12-19)25(33)8-11-34-26/h1-5,12-15,20H,6-11,16H2. The van der Waals surface area contributed by atoms with Crippen molar-refractivity contribution in [1.82, 2.24) is 4.90 Å². The lowest BCUT2D eigenvalue weighted by molar-refractivity contribution is -0.137. The summed E-state index contributed by atoms with van der Waals surface area (Å²) in [6.45, 7) is 2.34. The van der Waals surface area contributed by atoms with Gasteiger partial charge in [-0.25, -0.2) is 0 Å². The molecule has 1 fully saturated rings. The van der Waals surface area contributed by atoms with Crippen LogP contribution in [0.2, 0.25) is 0 Å². The number of rotatable bonds is 5. The van der Waals surface area contributed by atoms with Crippen LogP contribution in [-0.4, -0.2) is 42.7 Å². The number of halogens is 3. The van der Waals surface area contributed by atoms with Gasteiger partial charge in [-0.2, -0.15) is 13.2 Å². The smallest absolute Gasteiger partial charge is 0.416 e. The number of alkyl halides is 3. The van der Waals surface area contributed by atoms with E-state index in [2.05, 4.69) is 4.90 Å². The molecule has 3 aromatic rings. The lowest BCUT2D eigenvalue weighted by atomic mass is 9.96. The second kappa shape index (κ2) is 8.87. The van der Waals surface area contributed by atoms with Crippen LogP contribution in [0.5, 0.6) is 5.75 Å². The van der Waals surface area contributed by atoms with Gasteiger partial charge < -0.3 is 9.64 Å². The predicted octanol–water partition coefficient (Wildman–Crippen LogP) is 5.89. The number of benzene rings is 3. The molecule has 0 spiro atoms. The van der Waals surface area contributed by atoms with Gasteiger partial charge in [0.25, 0.3) is 0 Å². The number of Topliss-reactive ketones (excluding diaryl/α,β-unsaturated/α-hetero) is 2. The Morgan fingerprint density at radius 3 is 2.74 bits per heavy atom. The van der Waals surface area contributed by atoms with Crippen LogP contribution in [0, 0.1) is 0 Å². The number of hydrogen-bond acceptors (Lipinski definition) is 4. The maximum Gasteiger partial charge on any atom is 0.416 e. The van der Waals surface area contributed by atoms with Gasteiger partial charge >= 0.3 is 6.18 Å². The monoisotopic (exact) mass is 467 g/mol. The molecule has 0 radical (unpaired) electrons. The summed E-state index contributed by atoms with van der Waals surface area (Å²) in [7, 11) is 0. The average Bonchev–Trinajstić information content (AvgIpc) is 3.30. The molecular formula is C27H24F3NO3. The maximum atomic E-state index is 13.0. The fourth-order valence-electron chi connectivity index (χ4n) is 4.86. The van der Waals surface area contributed by atoms with E-state index in [0.717, 1.165) is 29.8 Å². The van der Waals surface area contributed by atoms with Gasteiger partial charge in [0.2, 0.25) is 0 Å². The van der Waals surface area contributed by atoms with Crippen LogP contribution < -0.4 is 4.74 Å². The molecule has 0 aliphatic carbocycles. The van der Waals surface area contributed by atoms with E-state index in [1.165, 1.54) is 12.1 Å². The first kappa shape index (κ1) is 22.6. The van der Waals surface area contributed by atoms with Crippen molar-refractivity contribution < 1.29 is 27.5 Å². The highest BCUT2D eigenvalue weighted by atomic mass is 19.4. The van der Waals surface area contributed by atoms with Crippen molar-refractivity contribution in [2.24, 2.45) is 0 Å². The number of carbonyl (C=O) groups excluding carboxylic acids is 2. The first-order valence-electron chi connectivity index (χ1n) is 11.4. The number of likely N-dealkylation sites (tertiary alicyclic amines) is 1. The van der Waals surface area contributed by atoms with Gasteiger partial charge in [0, 0.05) is 31.5 Å². The van der Waals surface area contributed by atoms with Gasteiger partial charge in [0.15, 0.2) is 11.6 Å². The van der Waals surface area contributed by atoms with Gasteiger partial charge in [-0.3, -0.25) is 9.59 Å². The highest BCUT2D eigenvalue weighted by molar-refractivity contribution is 6.05. The second-order valence-corrected chi connectivity index (χ2v) is 9.01. The van der Waals surface area contributed by atoms with Crippen LogP contribution >= 0.6 is 0 Å². The fourth-order valence-corrected chi connectivity index (χ4v) is 4.86. The fraction of sp³-hybridized carbons (Fsp3) is 0.333. The van der Waals surface area contributed by atoms with Crippen molar-refractivity contribution in [2.75, 3.05) is 26.2 Å². The minimum absolute atomic E-state index is 0.00437. The third-order valence-electron chi connectivity index (χ3n) is 6.76. The SMILES string of the molecule is O=C(CCN1CCC(c2cccc(C(F)(F)F)c2)C1)c1ccc2cc3c(cc2c1)C(=O)CCO3. The molecule has 1 saturated heterocycles. The highest BCUT2D eigenvalue weighted by Crippen LogP contribution is 2.34. The second-order valence-electron chi connectivity index (χ2n) is 9.01. The molecule has 0 N–H and O–H groups in total. The average molecular weight is 467 g/mol. The van der Waals surface area contributed by atoms with E-state index < -0.39 is 11.7 Å². The summed E-state index contributed by atoms with van der Waals surface area (Å²) < 4.78 is 44.7. The van der Waals surface area contributed by atoms with Gasteiger partial charge in [0.05, 0.1) is 17.7 Å². The summed E-state index contributed by atoms with van der Waals surface area (Å²) >= 11 is 0. The van der Waals surface area contributed by atoms with Gasteiger partial charge in [-0.15, -0.1) is 0 Å². The van der Waals surface area contributed by atoms with E-state index in [1.54, 1.807) is 18.2 Å². The molecular weight excluding hydrogens is 443 g/mol. The number of ketones is 2. The Labute approximate surface area is 195 Å². The molecule has 2 aliphatic heterocycles. The zero-order chi connectivity index (χ0) is 23.9. The van der Waals surface area contributed by atoms with Crippen molar-refractivity contribution in [3.63, 3.8) is 0 Å². The first-order chi connectivity index (χ1) is 16.3. The summed E-state index contributed by atoms with van der Waals surface area (Å²) in [5, 5.41) is 1.74. The Morgan fingerprint density at radius 1 is 1.06 bits per heavy atom. The number of carbonyl (C=O) groups is 2. The van der Waals surface area contributed by atoms with Crippen molar-refractivity contribution >= 4 is 22.3 Å². The Balaban J connectivity index is 1.23. The van der Waals surface area contributed by atoms with Crippen LogP contribution in [0.25, 0.3) is 10.8 Å². The third kappa shape index (κ3) is 4.57. The van der Waals surface area contributed by atoms with Crippen molar-refractivity contribution in [3.05, 3.63) is 76.9 Å². The number of hydrogen-bond donors (Lipinski definition) is 0. The lowest BCUT2D eigenvalue weighted by Crippen LogP contribution is -2.23. The molecule has 7 heteroatoms. The summed E-state index contributed by atoms with van der Waals surface area (Å²) in [5.41, 5.74) is 1.22. The van der Waals surface area contributed by atoms with E-state index in [1.807, 2.05) is 18.2 Å². The number of ether oxygens (including phenoxy) is 1. The minimum atomic E-state index is -4.35. The van der Waals surface area contributed by atoms with Gasteiger partial charge in [-0.1, -0.05) is 30.3 Å². The molecule has 0 aromatic heterocycles. The Bertz CT molecular complexity index is 1270. The van der Waals surface area contributed by atoms with E-state index in [0.29, 0.717) is 55.0 Å². The summed E-state index contributed by atoms with van der Waals surface area (Å²) in [4.78, 5) is 27.2. The zero-order valence-electron chi connectivity index (χ0n) is 18.5. The highest BCUT2D eigenvalue weighted by Gasteiger charge is 2.32. The molecule has 1 atom stereocenters. The van der Waals surface area contributed by atoms with E-state index in [9.17, 15) is 22.8 Å². The van der Waals surface area contributed by atoms with Crippen molar-refractivity contribution in [1.29, 1.82) is 0 Å². The molecule has 2 aliphatic rings. The Morgan fingerprint density at radius 2 is 1.91 bits per heavy atom. The van der Waals surface area contributed by atoms with Gasteiger partial charge in [0.1, 0.15) is 5.75 Å². The molecule has 5 rings (SSSR count). The van der Waals surface area contributed by atoms with Crippen LogP contribution in [0.3, 0.4) is 0 Å². The van der Waals surface area contributed by atoms with Gasteiger partial charge in [-0.05, 0) is 59.5 Å². The topological polar surface area (TPSA) is 46.6 Å². The Hall–Kier alpha value is -3.19. The predicted molar refractivity (Wildman–Crippen MR) is 123 cm³/mol. The molecule has 0 amide bonds. The number of nitrogens with zero attached hydrogens (tertiary/aromatic N) is 1. The molecule has 2 heterocycles. The molecule has 176 valence electrons. The summed E-state index contributed by atoms with van der Waals surface area (Å²) in [6.07, 6.45) is -2.89. The summed E-state index contributed by atoms with van der Waals surface area (Å²) in [6, 6.07) is 14.6. The minimum Gasteiger partial charge on any atom is -0.492 e. The van der Waals surface area contributed by atoms with Crippen LogP contribution in [0.1, 0.15) is 57.0 Å². The van der Waals surface area contributed by atoms with Crippen molar-refractivity contribution in [2.45, 2.75) is 31.4 Å². The molecule has 3 aromatic carbocycles. The van der Waals surface area contributed by atoms with Crippen molar-refractivity contribution in [3.8, 4) is 5.75 Å².